The highest BCUT2D eigenvalue weighted by Gasteiger charge is 2.38. The van der Waals surface area contributed by atoms with E-state index in [0.29, 0.717) is 24.8 Å². The van der Waals surface area contributed by atoms with Gasteiger partial charge in [0.2, 0.25) is 15.9 Å². The van der Waals surface area contributed by atoms with Crippen LogP contribution in [-0.4, -0.2) is 53.3 Å². The second kappa shape index (κ2) is 12.1. The number of nitrogens with zero attached hydrogens (tertiary/aromatic N) is 2. The molecule has 1 saturated heterocycles. The first-order valence-corrected chi connectivity index (χ1v) is 15.6. The Bertz CT molecular complexity index is 1710. The molecule has 0 bridgehead atoms. The van der Waals surface area contributed by atoms with Crippen molar-refractivity contribution in [2.75, 3.05) is 6.54 Å². The zero-order chi connectivity index (χ0) is 29.1. The van der Waals surface area contributed by atoms with Crippen LogP contribution in [0, 0.1) is 6.92 Å². The first kappa shape index (κ1) is 28.9. The first-order valence-electron chi connectivity index (χ1n) is 13.4. The average Bonchev–Trinajstić information content (AvgIpc) is 2.97. The van der Waals surface area contributed by atoms with Gasteiger partial charge in [0.15, 0.2) is 0 Å². The predicted octanol–water partition coefficient (Wildman–Crippen LogP) is 5.33. The molecule has 10 heteroatoms. The van der Waals surface area contributed by atoms with Gasteiger partial charge in [0.25, 0.3) is 0 Å². The van der Waals surface area contributed by atoms with Crippen LogP contribution in [0.4, 0.5) is 0 Å². The summed E-state index contributed by atoms with van der Waals surface area (Å²) in [5.74, 6) is -1.79. The van der Waals surface area contributed by atoms with Crippen LogP contribution in [0.15, 0.2) is 88.2 Å². The fraction of sp³-hybridized carbons (Fsp3) is 0.258. The van der Waals surface area contributed by atoms with Crippen molar-refractivity contribution in [2.24, 2.45) is 0 Å². The summed E-state index contributed by atoms with van der Waals surface area (Å²) in [4.78, 5) is 30.4. The summed E-state index contributed by atoms with van der Waals surface area (Å²) in [6.45, 7) is 2.07. The monoisotopic (exact) mass is 635 g/mol. The largest absolute Gasteiger partial charge is 0.480 e. The van der Waals surface area contributed by atoms with Gasteiger partial charge in [0, 0.05) is 28.4 Å². The minimum Gasteiger partial charge on any atom is -0.480 e. The van der Waals surface area contributed by atoms with E-state index in [4.69, 9.17) is 4.98 Å². The van der Waals surface area contributed by atoms with Crippen LogP contribution in [0.2, 0.25) is 0 Å². The number of carboxylic acid groups (broad SMARTS) is 1. The lowest BCUT2D eigenvalue weighted by Crippen LogP contribution is -2.55. The van der Waals surface area contributed by atoms with Crippen molar-refractivity contribution in [1.82, 2.24) is 14.6 Å². The molecule has 2 atom stereocenters. The van der Waals surface area contributed by atoms with Crippen LogP contribution in [0.25, 0.3) is 22.2 Å². The van der Waals surface area contributed by atoms with E-state index in [1.807, 2.05) is 55.5 Å². The number of sulfonamides is 1. The highest BCUT2D eigenvalue weighted by molar-refractivity contribution is 9.10. The summed E-state index contributed by atoms with van der Waals surface area (Å²) in [6, 6.07) is 21.5. The summed E-state index contributed by atoms with van der Waals surface area (Å²) < 4.78 is 29.0. The zero-order valence-electron chi connectivity index (χ0n) is 22.5. The molecule has 3 aromatic carbocycles. The number of rotatable bonds is 8. The second-order valence-corrected chi connectivity index (χ2v) is 13.0. The van der Waals surface area contributed by atoms with Crippen molar-refractivity contribution in [1.29, 1.82) is 0 Å². The molecule has 0 spiro atoms. The number of amides is 1. The van der Waals surface area contributed by atoms with Gasteiger partial charge < -0.3 is 10.4 Å². The molecular weight excluding hydrogens is 606 g/mol. The molecule has 41 heavy (non-hydrogen) atoms. The Kier molecular flexibility index (Phi) is 8.53. The van der Waals surface area contributed by atoms with Crippen molar-refractivity contribution in [3.63, 3.8) is 0 Å². The molecule has 8 nitrogen and oxygen atoms in total. The van der Waals surface area contributed by atoms with E-state index in [9.17, 15) is 23.1 Å². The average molecular weight is 637 g/mol. The number of nitrogens with one attached hydrogen (secondary N) is 1. The van der Waals surface area contributed by atoms with Gasteiger partial charge >= 0.3 is 5.97 Å². The van der Waals surface area contributed by atoms with Gasteiger partial charge in [-0.2, -0.15) is 4.31 Å². The fourth-order valence-electron chi connectivity index (χ4n) is 5.13. The van der Waals surface area contributed by atoms with Crippen molar-refractivity contribution < 1.29 is 23.1 Å². The van der Waals surface area contributed by atoms with Crippen molar-refractivity contribution in [3.8, 4) is 11.3 Å². The van der Waals surface area contributed by atoms with Crippen molar-refractivity contribution in [3.05, 3.63) is 94.5 Å². The maximum absolute atomic E-state index is 13.4. The molecule has 5 rings (SSSR count). The third-order valence-corrected chi connectivity index (χ3v) is 9.96. The number of hydrogen-bond donors (Lipinski definition) is 2. The molecule has 1 aliphatic heterocycles. The second-order valence-electron chi connectivity index (χ2n) is 10.2. The number of fused-ring (bicyclic) bond motifs is 1. The number of aromatic nitrogens is 1. The molecule has 0 saturated carbocycles. The van der Waals surface area contributed by atoms with Gasteiger partial charge in [0.1, 0.15) is 12.1 Å². The van der Waals surface area contributed by atoms with Gasteiger partial charge in [-0.1, -0.05) is 70.4 Å². The summed E-state index contributed by atoms with van der Waals surface area (Å²) in [5, 5.41) is 13.4. The number of carboxylic acids is 1. The summed E-state index contributed by atoms with van der Waals surface area (Å²) >= 11 is 3.56. The normalized spacial score (nSPS) is 16.8. The number of halogens is 1. The number of carbonyl (C=O) groups excluding carboxylic acids is 1. The number of benzene rings is 3. The van der Waals surface area contributed by atoms with E-state index < -0.39 is 34.0 Å². The third kappa shape index (κ3) is 6.34. The molecule has 1 aliphatic rings. The van der Waals surface area contributed by atoms with Crippen LogP contribution >= 0.6 is 15.9 Å². The van der Waals surface area contributed by atoms with Crippen LogP contribution in [0.3, 0.4) is 0 Å². The van der Waals surface area contributed by atoms with E-state index in [0.717, 1.165) is 32.2 Å². The topological polar surface area (TPSA) is 117 Å². The molecule has 1 fully saturated rings. The van der Waals surface area contributed by atoms with Crippen LogP contribution in [-0.2, 0) is 26.0 Å². The lowest BCUT2D eigenvalue weighted by Gasteiger charge is -2.34. The minimum atomic E-state index is -3.92. The highest BCUT2D eigenvalue weighted by atomic mass is 79.9. The maximum atomic E-state index is 13.4. The molecule has 2 N–H and O–H groups in total. The smallest absolute Gasteiger partial charge is 0.326 e. The van der Waals surface area contributed by atoms with Crippen LogP contribution < -0.4 is 5.32 Å². The Morgan fingerprint density at radius 1 is 1.05 bits per heavy atom. The number of pyridine rings is 1. The number of piperidine rings is 1. The molecule has 1 unspecified atom stereocenters. The number of aryl methyl sites for hydroxylation is 1. The van der Waals surface area contributed by atoms with Gasteiger partial charge in [0.05, 0.1) is 16.1 Å². The SMILES string of the molecule is Cc1ccc(S(=O)(=O)N2CCCC[C@H]2C(=O)NC(Cc2ccc3nc(-c4ccccc4Br)ccc3c2)C(=O)O)cc1. The van der Waals surface area contributed by atoms with Gasteiger partial charge in [-0.25, -0.2) is 18.2 Å². The first-order chi connectivity index (χ1) is 19.6. The minimum absolute atomic E-state index is 0.0421. The number of carbonyl (C=O) groups is 2. The fourth-order valence-corrected chi connectivity index (χ4v) is 7.27. The molecule has 0 radical (unpaired) electrons. The Balaban J connectivity index is 1.34. The zero-order valence-corrected chi connectivity index (χ0v) is 24.9. The number of aliphatic carboxylic acids is 1. The predicted molar refractivity (Wildman–Crippen MR) is 161 cm³/mol. The number of hydrogen-bond acceptors (Lipinski definition) is 5. The quantitative estimate of drug-likeness (QED) is 0.270. The van der Waals surface area contributed by atoms with Gasteiger partial charge in [-0.3, -0.25) is 4.79 Å². The highest BCUT2D eigenvalue weighted by Crippen LogP contribution is 2.29. The lowest BCUT2D eigenvalue weighted by molar-refractivity contribution is -0.142. The Morgan fingerprint density at radius 3 is 2.54 bits per heavy atom. The van der Waals surface area contributed by atoms with Crippen molar-refractivity contribution in [2.45, 2.75) is 49.6 Å². The van der Waals surface area contributed by atoms with Crippen LogP contribution in [0.1, 0.15) is 30.4 Å². The Morgan fingerprint density at radius 2 is 1.80 bits per heavy atom. The Labute approximate surface area is 247 Å². The molecule has 0 aliphatic carbocycles. The van der Waals surface area contributed by atoms with Crippen LogP contribution in [0.5, 0.6) is 0 Å². The molecule has 4 aromatic rings. The lowest BCUT2D eigenvalue weighted by atomic mass is 10.0. The van der Waals surface area contributed by atoms with Gasteiger partial charge in [-0.05, 0) is 61.7 Å². The molecular formula is C31H30BrN3O5S. The van der Waals surface area contributed by atoms with Crippen molar-refractivity contribution >= 4 is 48.7 Å². The van der Waals surface area contributed by atoms with E-state index in [1.165, 1.54) is 16.4 Å². The van der Waals surface area contributed by atoms with E-state index in [2.05, 4.69) is 21.2 Å². The van der Waals surface area contributed by atoms with E-state index >= 15 is 0 Å². The molecule has 1 aromatic heterocycles. The summed E-state index contributed by atoms with van der Waals surface area (Å²) in [6.07, 6.45) is 1.67. The Hall–Kier alpha value is -3.60. The summed E-state index contributed by atoms with van der Waals surface area (Å²) in [5.41, 5.74) is 4.18. The third-order valence-electron chi connectivity index (χ3n) is 7.34. The van der Waals surface area contributed by atoms with Gasteiger partial charge in [-0.15, -0.1) is 0 Å². The molecule has 2 heterocycles. The summed E-state index contributed by atoms with van der Waals surface area (Å²) in [7, 11) is -3.92. The molecule has 212 valence electrons. The van der Waals surface area contributed by atoms with E-state index in [-0.39, 0.29) is 17.9 Å². The molecule has 1 amide bonds. The standard InChI is InChI=1S/C31H30BrN3O5S/c1-20-9-13-23(14-10-20)41(39,40)35-17-5-4-8-29(35)30(36)34-28(31(37)38)19-21-11-15-26-22(18-21)12-16-27(33-26)24-6-2-3-7-25(24)32/h2-3,6-7,9-16,18,28-29H,4-5,8,17,19H2,1H3,(H,34,36)(H,37,38)/t28?,29-/m0/s1. The maximum Gasteiger partial charge on any atom is 0.326 e. The van der Waals surface area contributed by atoms with E-state index in [1.54, 1.807) is 18.2 Å².